The summed E-state index contributed by atoms with van der Waals surface area (Å²) in [4.78, 5) is 12.3. The van der Waals surface area contributed by atoms with Crippen LogP contribution < -0.4 is 9.47 Å². The zero-order valence-corrected chi connectivity index (χ0v) is 13.6. The summed E-state index contributed by atoms with van der Waals surface area (Å²) in [6, 6.07) is 22.1. The first-order valence-corrected chi connectivity index (χ1v) is 7.66. The normalized spacial score (nSPS) is 11.0. The molecule has 0 aliphatic rings. The highest BCUT2D eigenvalue weighted by Gasteiger charge is 2.12. The van der Waals surface area contributed by atoms with Gasteiger partial charge in [-0.1, -0.05) is 42.5 Å². The second kappa shape index (κ2) is 7.33. The number of ether oxygens (including phenoxy) is 2. The Bertz CT molecular complexity index is 982. The summed E-state index contributed by atoms with van der Waals surface area (Å²) < 4.78 is 10.4. The Balaban J connectivity index is 1.81. The van der Waals surface area contributed by atoms with Crippen LogP contribution in [0.25, 0.3) is 16.8 Å². The second-order valence-electron chi connectivity index (χ2n) is 5.34. The smallest absolute Gasteiger partial charge is 0.354 e. The standard InChI is InChI=1S/C21H15NO3/c1-24-19-9-6-15(7-10-19)12-18(14-22)21(23)25-20-11-8-16-4-2-3-5-17(16)13-20/h2-13H,1H3. The molecule has 0 spiro atoms. The van der Waals surface area contributed by atoms with Crippen molar-refractivity contribution >= 4 is 22.8 Å². The van der Waals surface area contributed by atoms with Gasteiger partial charge in [0.2, 0.25) is 0 Å². The third-order valence-electron chi connectivity index (χ3n) is 3.70. The number of esters is 1. The molecule has 122 valence electrons. The van der Waals surface area contributed by atoms with Crippen LogP contribution in [-0.2, 0) is 4.79 Å². The average Bonchev–Trinajstić information content (AvgIpc) is 2.66. The maximum Gasteiger partial charge on any atom is 0.354 e. The van der Waals surface area contributed by atoms with Crippen molar-refractivity contribution in [2.75, 3.05) is 7.11 Å². The number of carbonyl (C=O) groups is 1. The fourth-order valence-electron chi connectivity index (χ4n) is 2.40. The van der Waals surface area contributed by atoms with Crippen molar-refractivity contribution in [1.82, 2.24) is 0 Å². The molecule has 0 fully saturated rings. The van der Waals surface area contributed by atoms with Crippen LogP contribution in [0.5, 0.6) is 11.5 Å². The fraction of sp³-hybridized carbons (Fsp3) is 0.0476. The maximum atomic E-state index is 12.3. The highest BCUT2D eigenvalue weighted by Crippen LogP contribution is 2.22. The van der Waals surface area contributed by atoms with Gasteiger partial charge in [0, 0.05) is 0 Å². The summed E-state index contributed by atoms with van der Waals surface area (Å²) in [7, 11) is 1.58. The van der Waals surface area contributed by atoms with Gasteiger partial charge in [-0.2, -0.15) is 5.26 Å². The molecule has 0 saturated carbocycles. The Morgan fingerprint density at radius 1 is 0.960 bits per heavy atom. The van der Waals surface area contributed by atoms with Crippen molar-refractivity contribution < 1.29 is 14.3 Å². The number of fused-ring (bicyclic) bond motifs is 1. The lowest BCUT2D eigenvalue weighted by molar-refractivity contribution is -0.129. The Hall–Kier alpha value is -3.58. The largest absolute Gasteiger partial charge is 0.497 e. The number of hydrogen-bond donors (Lipinski definition) is 0. The minimum Gasteiger partial charge on any atom is -0.497 e. The molecule has 0 unspecified atom stereocenters. The highest BCUT2D eigenvalue weighted by atomic mass is 16.5. The predicted molar refractivity (Wildman–Crippen MR) is 96.2 cm³/mol. The molecule has 0 amide bonds. The van der Waals surface area contributed by atoms with Gasteiger partial charge < -0.3 is 9.47 Å². The van der Waals surface area contributed by atoms with Crippen LogP contribution in [0.4, 0.5) is 0 Å². The quantitative estimate of drug-likeness (QED) is 0.309. The molecule has 3 aromatic carbocycles. The molecule has 0 aliphatic heterocycles. The minimum atomic E-state index is -0.686. The van der Waals surface area contributed by atoms with Crippen LogP contribution in [-0.4, -0.2) is 13.1 Å². The van der Waals surface area contributed by atoms with Gasteiger partial charge in [0.25, 0.3) is 0 Å². The van der Waals surface area contributed by atoms with E-state index >= 15 is 0 Å². The minimum absolute atomic E-state index is 0.0710. The van der Waals surface area contributed by atoms with E-state index in [0.29, 0.717) is 17.1 Å². The van der Waals surface area contributed by atoms with Gasteiger partial charge in [-0.05, 0) is 46.7 Å². The first-order valence-electron chi connectivity index (χ1n) is 7.66. The van der Waals surface area contributed by atoms with E-state index in [1.807, 2.05) is 36.4 Å². The van der Waals surface area contributed by atoms with E-state index in [0.717, 1.165) is 10.8 Å². The molecule has 0 heterocycles. The molecule has 0 bridgehead atoms. The molecule has 4 heteroatoms. The van der Waals surface area contributed by atoms with Crippen molar-refractivity contribution in [2.24, 2.45) is 0 Å². The molecule has 4 nitrogen and oxygen atoms in total. The Morgan fingerprint density at radius 2 is 1.64 bits per heavy atom. The molecular weight excluding hydrogens is 314 g/mol. The van der Waals surface area contributed by atoms with E-state index in [4.69, 9.17) is 9.47 Å². The molecule has 3 aromatic rings. The third kappa shape index (κ3) is 3.85. The van der Waals surface area contributed by atoms with E-state index in [-0.39, 0.29) is 5.57 Å². The number of carbonyl (C=O) groups excluding carboxylic acids is 1. The second-order valence-corrected chi connectivity index (χ2v) is 5.34. The van der Waals surface area contributed by atoms with Gasteiger partial charge in [-0.3, -0.25) is 0 Å². The summed E-state index contributed by atoms with van der Waals surface area (Å²) in [5.41, 5.74) is 0.645. The lowest BCUT2D eigenvalue weighted by atomic mass is 10.1. The fourth-order valence-corrected chi connectivity index (χ4v) is 2.40. The van der Waals surface area contributed by atoms with Gasteiger partial charge in [0.05, 0.1) is 7.11 Å². The maximum absolute atomic E-state index is 12.3. The van der Waals surface area contributed by atoms with Gasteiger partial charge >= 0.3 is 5.97 Å². The average molecular weight is 329 g/mol. The number of hydrogen-bond acceptors (Lipinski definition) is 4. The van der Waals surface area contributed by atoms with Gasteiger partial charge in [-0.15, -0.1) is 0 Å². The zero-order chi connectivity index (χ0) is 17.6. The van der Waals surface area contributed by atoms with Crippen LogP contribution in [0.3, 0.4) is 0 Å². The number of rotatable bonds is 4. The summed E-state index contributed by atoms with van der Waals surface area (Å²) in [6.45, 7) is 0. The Labute approximate surface area is 145 Å². The highest BCUT2D eigenvalue weighted by molar-refractivity contribution is 5.99. The van der Waals surface area contributed by atoms with Crippen LogP contribution >= 0.6 is 0 Å². The zero-order valence-electron chi connectivity index (χ0n) is 13.6. The number of methoxy groups -OCH3 is 1. The van der Waals surface area contributed by atoms with Crippen molar-refractivity contribution in [1.29, 1.82) is 5.26 Å². The van der Waals surface area contributed by atoms with Crippen LogP contribution in [0.15, 0.2) is 72.3 Å². The van der Waals surface area contributed by atoms with Crippen molar-refractivity contribution in [3.05, 3.63) is 77.9 Å². The van der Waals surface area contributed by atoms with Crippen molar-refractivity contribution in [3.8, 4) is 17.6 Å². The molecule has 0 N–H and O–H groups in total. The van der Waals surface area contributed by atoms with Crippen LogP contribution in [0, 0.1) is 11.3 Å². The van der Waals surface area contributed by atoms with Crippen molar-refractivity contribution in [3.63, 3.8) is 0 Å². The number of benzene rings is 3. The monoisotopic (exact) mass is 329 g/mol. The molecule has 0 aromatic heterocycles. The van der Waals surface area contributed by atoms with Gasteiger partial charge in [0.1, 0.15) is 23.1 Å². The van der Waals surface area contributed by atoms with E-state index in [1.54, 1.807) is 43.5 Å². The SMILES string of the molecule is COc1ccc(C=C(C#N)C(=O)Oc2ccc3ccccc3c2)cc1. The predicted octanol–water partition coefficient (Wildman–Crippen LogP) is 4.36. The molecule has 0 saturated heterocycles. The molecule has 0 radical (unpaired) electrons. The summed E-state index contributed by atoms with van der Waals surface area (Å²) in [6.07, 6.45) is 1.49. The summed E-state index contributed by atoms with van der Waals surface area (Å²) in [5, 5.41) is 11.3. The molecule has 0 aliphatic carbocycles. The van der Waals surface area contributed by atoms with E-state index < -0.39 is 5.97 Å². The van der Waals surface area contributed by atoms with E-state index in [1.165, 1.54) is 6.08 Å². The Kier molecular flexibility index (Phi) is 4.77. The van der Waals surface area contributed by atoms with Crippen LogP contribution in [0.2, 0.25) is 0 Å². The molecule has 25 heavy (non-hydrogen) atoms. The van der Waals surface area contributed by atoms with Gasteiger partial charge in [0.15, 0.2) is 0 Å². The molecule has 0 atom stereocenters. The molecular formula is C21H15NO3. The first kappa shape index (κ1) is 16.3. The number of nitrogens with zero attached hydrogens (tertiary/aromatic N) is 1. The first-order chi connectivity index (χ1) is 12.2. The topological polar surface area (TPSA) is 59.3 Å². The lowest BCUT2D eigenvalue weighted by Gasteiger charge is -2.05. The molecule has 3 rings (SSSR count). The lowest BCUT2D eigenvalue weighted by Crippen LogP contribution is -2.10. The van der Waals surface area contributed by atoms with Crippen molar-refractivity contribution in [2.45, 2.75) is 0 Å². The van der Waals surface area contributed by atoms with E-state index in [9.17, 15) is 10.1 Å². The van der Waals surface area contributed by atoms with Crippen LogP contribution in [0.1, 0.15) is 5.56 Å². The summed E-state index contributed by atoms with van der Waals surface area (Å²) >= 11 is 0. The third-order valence-corrected chi connectivity index (χ3v) is 3.70. The number of nitriles is 1. The Morgan fingerprint density at radius 3 is 2.32 bits per heavy atom. The van der Waals surface area contributed by atoms with Gasteiger partial charge in [-0.25, -0.2) is 4.79 Å². The summed E-state index contributed by atoms with van der Waals surface area (Å²) in [5.74, 6) is 0.419. The van der Waals surface area contributed by atoms with E-state index in [2.05, 4.69) is 0 Å².